The second-order valence-corrected chi connectivity index (χ2v) is 4.64. The third kappa shape index (κ3) is 1.49. The van der Waals surface area contributed by atoms with Gasteiger partial charge in [0, 0.05) is 5.38 Å². The van der Waals surface area contributed by atoms with Crippen molar-refractivity contribution in [1.82, 2.24) is 9.38 Å². The highest BCUT2D eigenvalue weighted by atomic mass is 32.1. The molecule has 3 rings (SSSR count). The summed E-state index contributed by atoms with van der Waals surface area (Å²) in [6.45, 7) is 1.86. The van der Waals surface area contributed by atoms with E-state index in [1.165, 1.54) is 0 Å². The van der Waals surface area contributed by atoms with Gasteiger partial charge in [-0.2, -0.15) is 0 Å². The second-order valence-electron chi connectivity index (χ2n) is 3.81. The zero-order chi connectivity index (χ0) is 11.8. The summed E-state index contributed by atoms with van der Waals surface area (Å²) in [5.74, 6) is 0. The Labute approximate surface area is 102 Å². The monoisotopic (exact) mass is 242 g/mol. The van der Waals surface area contributed by atoms with Gasteiger partial charge in [-0.05, 0) is 12.5 Å². The van der Waals surface area contributed by atoms with E-state index >= 15 is 0 Å². The number of imidazole rings is 1. The van der Waals surface area contributed by atoms with E-state index in [9.17, 15) is 4.79 Å². The number of nitrogens with zero attached hydrogens (tertiary/aromatic N) is 2. The van der Waals surface area contributed by atoms with Crippen molar-refractivity contribution in [2.24, 2.45) is 0 Å². The van der Waals surface area contributed by atoms with E-state index < -0.39 is 0 Å². The maximum Gasteiger partial charge on any atom is 0.194 e. The number of rotatable bonds is 2. The number of aldehydes is 1. The van der Waals surface area contributed by atoms with Crippen LogP contribution in [0, 0.1) is 6.92 Å². The first-order valence-electron chi connectivity index (χ1n) is 5.28. The Balaban J connectivity index is 2.34. The van der Waals surface area contributed by atoms with Crippen LogP contribution >= 0.6 is 11.3 Å². The molecule has 3 nitrogen and oxygen atoms in total. The first-order chi connectivity index (χ1) is 8.31. The molecule has 2 heterocycles. The van der Waals surface area contributed by atoms with Gasteiger partial charge in [0.1, 0.15) is 5.69 Å². The lowest BCUT2D eigenvalue weighted by molar-refractivity contribution is 0.111. The molecule has 0 saturated carbocycles. The molecule has 84 valence electrons. The van der Waals surface area contributed by atoms with Gasteiger partial charge in [0.25, 0.3) is 0 Å². The molecular formula is C13H10N2OS. The molecule has 1 aromatic carbocycles. The fraction of sp³-hybridized carbons (Fsp3) is 0.0769. The quantitative estimate of drug-likeness (QED) is 0.647. The van der Waals surface area contributed by atoms with Crippen molar-refractivity contribution in [1.29, 1.82) is 0 Å². The van der Waals surface area contributed by atoms with Crippen LogP contribution in [0.5, 0.6) is 0 Å². The number of thiazole rings is 1. The standard InChI is InChI=1S/C13H10N2OS/c1-9-11(7-16)15-12(8-17-13(15)14-9)10-5-3-2-4-6-10/h2-8H,1H3. The Hall–Kier alpha value is -1.94. The lowest BCUT2D eigenvalue weighted by Crippen LogP contribution is -1.93. The second kappa shape index (κ2) is 3.82. The van der Waals surface area contributed by atoms with Crippen molar-refractivity contribution in [3.63, 3.8) is 0 Å². The smallest absolute Gasteiger partial charge is 0.194 e. The molecule has 0 amide bonds. The number of hydrogen-bond acceptors (Lipinski definition) is 3. The van der Waals surface area contributed by atoms with Gasteiger partial charge >= 0.3 is 0 Å². The summed E-state index contributed by atoms with van der Waals surface area (Å²) in [4.78, 5) is 16.4. The highest BCUT2D eigenvalue weighted by molar-refractivity contribution is 7.15. The van der Waals surface area contributed by atoms with Crippen LogP contribution in [0.15, 0.2) is 35.7 Å². The molecule has 0 N–H and O–H groups in total. The zero-order valence-electron chi connectivity index (χ0n) is 9.25. The van der Waals surface area contributed by atoms with Crippen molar-refractivity contribution in [2.75, 3.05) is 0 Å². The van der Waals surface area contributed by atoms with Crippen molar-refractivity contribution in [3.8, 4) is 11.3 Å². The van der Waals surface area contributed by atoms with Crippen LogP contribution in [0.3, 0.4) is 0 Å². The predicted octanol–water partition coefficient (Wildman–Crippen LogP) is 3.18. The fourth-order valence-corrected chi connectivity index (χ4v) is 2.88. The van der Waals surface area contributed by atoms with E-state index in [-0.39, 0.29) is 0 Å². The highest BCUT2D eigenvalue weighted by Crippen LogP contribution is 2.27. The van der Waals surface area contributed by atoms with E-state index in [2.05, 4.69) is 4.98 Å². The number of benzene rings is 1. The third-order valence-electron chi connectivity index (χ3n) is 2.76. The summed E-state index contributed by atoms with van der Waals surface area (Å²) in [5, 5.41) is 2.03. The Morgan fingerprint density at radius 1 is 1.29 bits per heavy atom. The topological polar surface area (TPSA) is 34.4 Å². The van der Waals surface area contributed by atoms with Crippen molar-refractivity contribution >= 4 is 22.6 Å². The van der Waals surface area contributed by atoms with E-state index in [0.717, 1.165) is 28.2 Å². The summed E-state index contributed by atoms with van der Waals surface area (Å²) in [6.07, 6.45) is 0.870. The van der Waals surface area contributed by atoms with Gasteiger partial charge in [0.05, 0.1) is 11.4 Å². The van der Waals surface area contributed by atoms with Crippen LogP contribution in [-0.2, 0) is 0 Å². The summed E-state index contributed by atoms with van der Waals surface area (Å²) in [7, 11) is 0. The lowest BCUT2D eigenvalue weighted by atomic mass is 10.2. The zero-order valence-corrected chi connectivity index (χ0v) is 10.1. The molecule has 0 fully saturated rings. The molecule has 2 aromatic heterocycles. The molecule has 17 heavy (non-hydrogen) atoms. The number of aryl methyl sites for hydroxylation is 1. The Morgan fingerprint density at radius 2 is 2.06 bits per heavy atom. The minimum absolute atomic E-state index is 0.639. The molecule has 0 aliphatic heterocycles. The Morgan fingerprint density at radius 3 is 2.76 bits per heavy atom. The first kappa shape index (κ1) is 10.2. The normalized spacial score (nSPS) is 10.9. The molecule has 4 heteroatoms. The van der Waals surface area contributed by atoms with Gasteiger partial charge in [-0.15, -0.1) is 11.3 Å². The summed E-state index contributed by atoms with van der Waals surface area (Å²) in [5.41, 5.74) is 3.54. The highest BCUT2D eigenvalue weighted by Gasteiger charge is 2.14. The predicted molar refractivity (Wildman–Crippen MR) is 68.6 cm³/mol. The van der Waals surface area contributed by atoms with Crippen LogP contribution in [0.4, 0.5) is 0 Å². The molecular weight excluding hydrogens is 232 g/mol. The molecule has 0 aliphatic rings. The molecule has 0 unspecified atom stereocenters. The minimum Gasteiger partial charge on any atom is -0.296 e. The molecule has 0 atom stereocenters. The number of hydrogen-bond donors (Lipinski definition) is 0. The molecule has 0 bridgehead atoms. The first-order valence-corrected chi connectivity index (χ1v) is 6.16. The van der Waals surface area contributed by atoms with Crippen molar-refractivity contribution < 1.29 is 4.79 Å². The fourth-order valence-electron chi connectivity index (χ4n) is 1.93. The van der Waals surface area contributed by atoms with Crippen LogP contribution in [0.25, 0.3) is 16.2 Å². The molecule has 0 radical (unpaired) electrons. The summed E-state index contributed by atoms with van der Waals surface area (Å²) in [6, 6.07) is 10.0. The van der Waals surface area contributed by atoms with Gasteiger partial charge in [-0.3, -0.25) is 9.20 Å². The number of carbonyl (C=O) groups excluding carboxylic acids is 1. The maximum atomic E-state index is 11.1. The van der Waals surface area contributed by atoms with E-state index in [1.807, 2.05) is 47.0 Å². The minimum atomic E-state index is 0.639. The largest absolute Gasteiger partial charge is 0.296 e. The number of aromatic nitrogens is 2. The van der Waals surface area contributed by atoms with Gasteiger partial charge in [-0.25, -0.2) is 4.98 Å². The molecule has 0 aliphatic carbocycles. The summed E-state index contributed by atoms with van der Waals surface area (Å²) >= 11 is 1.55. The third-order valence-corrected chi connectivity index (χ3v) is 3.59. The average Bonchev–Trinajstić information content (AvgIpc) is 2.88. The van der Waals surface area contributed by atoms with Gasteiger partial charge < -0.3 is 0 Å². The van der Waals surface area contributed by atoms with Crippen LogP contribution in [0.2, 0.25) is 0 Å². The lowest BCUT2D eigenvalue weighted by Gasteiger charge is -2.00. The SMILES string of the molecule is Cc1nc2scc(-c3ccccc3)n2c1C=O. The van der Waals surface area contributed by atoms with Crippen LogP contribution in [-0.4, -0.2) is 15.7 Å². The maximum absolute atomic E-state index is 11.1. The molecule has 0 spiro atoms. The van der Waals surface area contributed by atoms with Crippen molar-refractivity contribution in [2.45, 2.75) is 6.92 Å². The van der Waals surface area contributed by atoms with E-state index in [1.54, 1.807) is 11.3 Å². The molecule has 0 saturated heterocycles. The van der Waals surface area contributed by atoms with E-state index in [4.69, 9.17) is 0 Å². The number of carbonyl (C=O) groups is 1. The Bertz CT molecular complexity index is 682. The average molecular weight is 242 g/mol. The van der Waals surface area contributed by atoms with E-state index in [0.29, 0.717) is 5.69 Å². The molecule has 3 aromatic rings. The van der Waals surface area contributed by atoms with Crippen LogP contribution in [0.1, 0.15) is 16.2 Å². The van der Waals surface area contributed by atoms with Gasteiger partial charge in [0.2, 0.25) is 0 Å². The summed E-state index contributed by atoms with van der Waals surface area (Å²) < 4.78 is 1.92. The van der Waals surface area contributed by atoms with Crippen LogP contribution < -0.4 is 0 Å². The Kier molecular flexibility index (Phi) is 2.30. The van der Waals surface area contributed by atoms with Gasteiger partial charge in [0.15, 0.2) is 11.2 Å². The van der Waals surface area contributed by atoms with Gasteiger partial charge in [-0.1, -0.05) is 30.3 Å². The number of fused-ring (bicyclic) bond motifs is 1. The van der Waals surface area contributed by atoms with Crippen molar-refractivity contribution in [3.05, 3.63) is 47.1 Å².